The summed E-state index contributed by atoms with van der Waals surface area (Å²) in [6.45, 7) is 8.31. The molecule has 0 amide bonds. The van der Waals surface area contributed by atoms with Crippen LogP contribution in [-0.4, -0.2) is 12.1 Å². The van der Waals surface area contributed by atoms with Crippen LogP contribution in [0.3, 0.4) is 0 Å². The third-order valence-corrected chi connectivity index (χ3v) is 3.89. The SMILES string of the molecule is C=CCC(C)NC(C)C(c1ccccc1)c1ccccc1. The van der Waals surface area contributed by atoms with Gasteiger partial charge in [-0.25, -0.2) is 0 Å². The van der Waals surface area contributed by atoms with Crippen LogP contribution in [-0.2, 0) is 0 Å². The smallest absolute Gasteiger partial charge is 0.0240 e. The maximum atomic E-state index is 3.83. The van der Waals surface area contributed by atoms with Crippen molar-refractivity contribution in [3.8, 4) is 0 Å². The summed E-state index contributed by atoms with van der Waals surface area (Å²) in [7, 11) is 0. The van der Waals surface area contributed by atoms with E-state index in [2.05, 4.69) is 86.4 Å². The van der Waals surface area contributed by atoms with Crippen LogP contribution < -0.4 is 5.32 Å². The van der Waals surface area contributed by atoms with Crippen LogP contribution in [0, 0.1) is 0 Å². The van der Waals surface area contributed by atoms with Crippen molar-refractivity contribution < 1.29 is 0 Å². The van der Waals surface area contributed by atoms with Crippen molar-refractivity contribution in [3.63, 3.8) is 0 Å². The first-order valence-electron chi connectivity index (χ1n) is 7.69. The van der Waals surface area contributed by atoms with Crippen LogP contribution in [0.15, 0.2) is 73.3 Å². The van der Waals surface area contributed by atoms with Gasteiger partial charge in [-0.05, 0) is 31.4 Å². The fraction of sp³-hybridized carbons (Fsp3) is 0.300. The van der Waals surface area contributed by atoms with E-state index >= 15 is 0 Å². The number of hydrogen-bond donors (Lipinski definition) is 1. The number of rotatable bonds is 7. The first-order chi connectivity index (χ1) is 10.2. The molecule has 0 radical (unpaired) electrons. The second kappa shape index (κ2) is 7.80. The molecule has 1 nitrogen and oxygen atoms in total. The molecule has 2 aromatic carbocycles. The maximum Gasteiger partial charge on any atom is 0.0240 e. The normalized spacial score (nSPS) is 13.9. The van der Waals surface area contributed by atoms with Gasteiger partial charge < -0.3 is 5.32 Å². The van der Waals surface area contributed by atoms with E-state index in [1.165, 1.54) is 11.1 Å². The summed E-state index contributed by atoms with van der Waals surface area (Å²) in [5.74, 6) is 0.361. The van der Waals surface area contributed by atoms with Gasteiger partial charge in [-0.3, -0.25) is 0 Å². The molecule has 2 rings (SSSR count). The predicted octanol–water partition coefficient (Wildman–Crippen LogP) is 4.76. The highest BCUT2D eigenvalue weighted by atomic mass is 14.9. The monoisotopic (exact) mass is 279 g/mol. The third kappa shape index (κ3) is 4.30. The molecular formula is C20H25N. The molecule has 0 aliphatic carbocycles. The summed E-state index contributed by atoms with van der Waals surface area (Å²) >= 11 is 0. The fourth-order valence-corrected chi connectivity index (χ4v) is 2.95. The second-order valence-electron chi connectivity index (χ2n) is 5.68. The molecule has 0 aromatic heterocycles. The zero-order valence-corrected chi connectivity index (χ0v) is 13.0. The number of benzene rings is 2. The van der Waals surface area contributed by atoms with Crippen molar-refractivity contribution in [2.75, 3.05) is 0 Å². The summed E-state index contributed by atoms with van der Waals surface area (Å²) in [5.41, 5.74) is 2.71. The summed E-state index contributed by atoms with van der Waals surface area (Å²) in [4.78, 5) is 0. The van der Waals surface area contributed by atoms with Gasteiger partial charge in [0, 0.05) is 18.0 Å². The minimum absolute atomic E-state index is 0.361. The van der Waals surface area contributed by atoms with Crippen LogP contribution in [0.25, 0.3) is 0 Å². The van der Waals surface area contributed by atoms with Crippen molar-refractivity contribution in [2.45, 2.75) is 38.3 Å². The van der Waals surface area contributed by atoms with Crippen molar-refractivity contribution >= 4 is 0 Å². The molecule has 0 spiro atoms. The lowest BCUT2D eigenvalue weighted by atomic mass is 9.85. The Labute approximate surface area is 128 Å². The van der Waals surface area contributed by atoms with Crippen molar-refractivity contribution in [2.24, 2.45) is 0 Å². The number of nitrogens with one attached hydrogen (secondary N) is 1. The van der Waals surface area contributed by atoms with Crippen molar-refractivity contribution in [1.29, 1.82) is 0 Å². The van der Waals surface area contributed by atoms with E-state index in [1.54, 1.807) is 0 Å². The summed E-state index contributed by atoms with van der Waals surface area (Å²) < 4.78 is 0. The minimum atomic E-state index is 0.361. The zero-order valence-electron chi connectivity index (χ0n) is 13.0. The first kappa shape index (κ1) is 15.5. The van der Waals surface area contributed by atoms with Crippen molar-refractivity contribution in [1.82, 2.24) is 5.32 Å². The van der Waals surface area contributed by atoms with E-state index in [0.717, 1.165) is 6.42 Å². The van der Waals surface area contributed by atoms with Crippen LogP contribution in [0.4, 0.5) is 0 Å². The molecule has 0 aliphatic heterocycles. The summed E-state index contributed by atoms with van der Waals surface area (Å²) in [6, 6.07) is 22.3. The van der Waals surface area contributed by atoms with E-state index in [1.807, 2.05) is 6.08 Å². The van der Waals surface area contributed by atoms with Crippen molar-refractivity contribution in [3.05, 3.63) is 84.4 Å². The Balaban J connectivity index is 2.26. The Bertz CT molecular complexity index is 493. The van der Waals surface area contributed by atoms with Gasteiger partial charge in [0.2, 0.25) is 0 Å². The predicted molar refractivity (Wildman–Crippen MR) is 91.6 cm³/mol. The molecule has 2 atom stereocenters. The molecule has 0 aliphatic rings. The molecule has 0 fully saturated rings. The summed E-state index contributed by atoms with van der Waals surface area (Å²) in [6.07, 6.45) is 2.96. The summed E-state index contributed by atoms with van der Waals surface area (Å²) in [5, 5.41) is 3.71. The molecule has 0 saturated heterocycles. The Hall–Kier alpha value is -1.86. The molecule has 2 aromatic rings. The highest BCUT2D eigenvalue weighted by molar-refractivity contribution is 5.34. The largest absolute Gasteiger partial charge is 0.311 e. The van der Waals surface area contributed by atoms with Crippen LogP contribution >= 0.6 is 0 Å². The Kier molecular flexibility index (Phi) is 5.77. The van der Waals surface area contributed by atoms with Gasteiger partial charge in [0.15, 0.2) is 0 Å². The van der Waals surface area contributed by atoms with Gasteiger partial charge in [-0.2, -0.15) is 0 Å². The van der Waals surface area contributed by atoms with Gasteiger partial charge >= 0.3 is 0 Å². The zero-order chi connectivity index (χ0) is 15.1. The molecule has 2 unspecified atom stereocenters. The van der Waals surface area contributed by atoms with Gasteiger partial charge in [0.1, 0.15) is 0 Å². The fourth-order valence-electron chi connectivity index (χ4n) is 2.95. The topological polar surface area (TPSA) is 12.0 Å². The molecule has 1 N–H and O–H groups in total. The Morgan fingerprint density at radius 2 is 1.38 bits per heavy atom. The quantitative estimate of drug-likeness (QED) is 0.720. The minimum Gasteiger partial charge on any atom is -0.311 e. The van der Waals surface area contributed by atoms with E-state index < -0.39 is 0 Å². The molecule has 0 bridgehead atoms. The van der Waals surface area contributed by atoms with Crippen LogP contribution in [0.5, 0.6) is 0 Å². The van der Waals surface area contributed by atoms with Crippen LogP contribution in [0.1, 0.15) is 37.3 Å². The average molecular weight is 279 g/mol. The molecule has 0 saturated carbocycles. The maximum absolute atomic E-state index is 3.83. The van der Waals surface area contributed by atoms with Gasteiger partial charge in [0.05, 0.1) is 0 Å². The lowest BCUT2D eigenvalue weighted by Gasteiger charge is -2.28. The molecule has 0 heterocycles. The molecular weight excluding hydrogens is 254 g/mol. The Morgan fingerprint density at radius 1 is 0.905 bits per heavy atom. The lowest BCUT2D eigenvalue weighted by molar-refractivity contribution is 0.437. The first-order valence-corrected chi connectivity index (χ1v) is 7.69. The highest BCUT2D eigenvalue weighted by Gasteiger charge is 2.21. The van der Waals surface area contributed by atoms with E-state index in [-0.39, 0.29) is 0 Å². The standard InChI is InChI=1S/C20H25N/c1-4-11-16(2)21-17(3)20(18-12-7-5-8-13-18)19-14-9-6-10-15-19/h4-10,12-17,20-21H,1,11H2,2-3H3. The average Bonchev–Trinajstić information content (AvgIpc) is 2.50. The van der Waals surface area contributed by atoms with Gasteiger partial charge in [0.25, 0.3) is 0 Å². The number of hydrogen-bond acceptors (Lipinski definition) is 1. The van der Waals surface area contributed by atoms with E-state index in [9.17, 15) is 0 Å². The molecule has 21 heavy (non-hydrogen) atoms. The lowest BCUT2D eigenvalue weighted by Crippen LogP contribution is -2.38. The van der Waals surface area contributed by atoms with Gasteiger partial charge in [-0.1, -0.05) is 66.7 Å². The Morgan fingerprint density at radius 3 is 1.81 bits per heavy atom. The van der Waals surface area contributed by atoms with Crippen LogP contribution in [0.2, 0.25) is 0 Å². The highest BCUT2D eigenvalue weighted by Crippen LogP contribution is 2.28. The van der Waals surface area contributed by atoms with E-state index in [4.69, 9.17) is 0 Å². The molecule has 110 valence electrons. The van der Waals surface area contributed by atoms with Gasteiger partial charge in [-0.15, -0.1) is 6.58 Å². The van der Waals surface area contributed by atoms with E-state index in [0.29, 0.717) is 18.0 Å². The second-order valence-corrected chi connectivity index (χ2v) is 5.68. The third-order valence-electron chi connectivity index (χ3n) is 3.89. The molecule has 1 heteroatoms.